The van der Waals surface area contributed by atoms with Crippen LogP contribution >= 0.6 is 0 Å². The molecule has 0 aromatic heterocycles. The quantitative estimate of drug-likeness (QED) is 0.0687. The van der Waals surface area contributed by atoms with E-state index in [0.717, 1.165) is 55.3 Å². The largest absolute Gasteiger partial charge is 0.462 e. The molecule has 0 saturated heterocycles. The summed E-state index contributed by atoms with van der Waals surface area (Å²) in [5.41, 5.74) is 2.43. The van der Waals surface area contributed by atoms with Crippen LogP contribution < -0.4 is 0 Å². The van der Waals surface area contributed by atoms with E-state index in [1.165, 1.54) is 116 Å². The summed E-state index contributed by atoms with van der Waals surface area (Å²) in [5, 5.41) is 0. The van der Waals surface area contributed by atoms with E-state index < -0.39 is 0 Å². The minimum atomic E-state index is 0.0487. The van der Waals surface area contributed by atoms with Crippen LogP contribution in [0.25, 0.3) is 0 Å². The Morgan fingerprint density at radius 1 is 0.796 bits per heavy atom. The summed E-state index contributed by atoms with van der Waals surface area (Å²) in [6.45, 7) is 17.1. The summed E-state index contributed by atoms with van der Waals surface area (Å²) < 4.78 is 6.13. The van der Waals surface area contributed by atoms with Gasteiger partial charge >= 0.3 is 5.97 Å². The molecular weight excluding hydrogens is 597 g/mol. The first-order valence-electron chi connectivity index (χ1n) is 21.8. The van der Waals surface area contributed by atoms with Gasteiger partial charge in [0.2, 0.25) is 0 Å². The summed E-state index contributed by atoms with van der Waals surface area (Å²) in [7, 11) is 0. The third-order valence-electron chi connectivity index (χ3n) is 14.7. The van der Waals surface area contributed by atoms with E-state index in [9.17, 15) is 4.79 Å². The highest BCUT2D eigenvalue weighted by molar-refractivity contribution is 5.69. The van der Waals surface area contributed by atoms with Crippen LogP contribution in [0.1, 0.15) is 196 Å². The predicted octanol–water partition coefficient (Wildman–Crippen LogP) is 14.4. The molecule has 4 aliphatic rings. The van der Waals surface area contributed by atoms with Gasteiger partial charge in [0.1, 0.15) is 6.10 Å². The van der Waals surface area contributed by atoms with Crippen LogP contribution in [-0.2, 0) is 9.53 Å². The van der Waals surface area contributed by atoms with Crippen molar-refractivity contribution in [2.24, 2.45) is 52.3 Å². The lowest BCUT2D eigenvalue weighted by molar-refractivity contribution is -0.151. The molecule has 9 atom stereocenters. The van der Waals surface area contributed by atoms with Crippen LogP contribution in [0.2, 0.25) is 0 Å². The second-order valence-electron chi connectivity index (χ2n) is 18.4. The molecule has 0 N–H and O–H groups in total. The van der Waals surface area contributed by atoms with Gasteiger partial charge in [-0.05, 0) is 129 Å². The van der Waals surface area contributed by atoms with Crippen LogP contribution in [0.15, 0.2) is 36.0 Å². The fourth-order valence-electron chi connectivity index (χ4n) is 11.1. The van der Waals surface area contributed by atoms with Crippen LogP contribution in [0.5, 0.6) is 0 Å². The highest BCUT2D eigenvalue weighted by Gasteiger charge is 2.59. The minimum Gasteiger partial charge on any atom is -0.462 e. The molecule has 0 aliphatic heterocycles. The first-order chi connectivity index (χ1) is 23.6. The molecule has 2 nitrogen and oxygen atoms in total. The maximum Gasteiger partial charge on any atom is 0.306 e. The lowest BCUT2D eigenvalue weighted by Crippen LogP contribution is -2.51. The molecule has 9 unspecified atom stereocenters. The molecule has 2 heteroatoms. The van der Waals surface area contributed by atoms with Crippen LogP contribution in [0, 0.1) is 52.3 Å². The molecule has 0 spiro atoms. The summed E-state index contributed by atoms with van der Waals surface area (Å²) in [5.74, 6) is 5.46. The van der Waals surface area contributed by atoms with Gasteiger partial charge in [-0.1, -0.05) is 142 Å². The van der Waals surface area contributed by atoms with Crippen LogP contribution in [0.3, 0.4) is 0 Å². The molecule has 0 aromatic rings. The number of allylic oxidation sites excluding steroid dienone is 5. The van der Waals surface area contributed by atoms with Crippen molar-refractivity contribution < 1.29 is 9.53 Å². The highest BCUT2D eigenvalue weighted by Crippen LogP contribution is 2.67. The van der Waals surface area contributed by atoms with Crippen molar-refractivity contribution >= 4 is 5.97 Å². The van der Waals surface area contributed by atoms with Gasteiger partial charge in [0.05, 0.1) is 0 Å². The average Bonchev–Trinajstić information content (AvgIpc) is 3.44. The molecule has 0 aromatic carbocycles. The van der Waals surface area contributed by atoms with E-state index in [0.29, 0.717) is 29.1 Å². The number of rotatable bonds is 21. The SMILES string of the molecule is CCCCCCCCC/C=C/CCCCCCCC(=O)OC1CCC2(C)C(=CCC3C2CCC2(C)C(C(C)/C=C/C(C)C(C)C)CCC32)C1. The van der Waals surface area contributed by atoms with Gasteiger partial charge in [0.15, 0.2) is 0 Å². The normalized spacial score (nSPS) is 32.6. The Balaban J connectivity index is 1.12. The van der Waals surface area contributed by atoms with Gasteiger partial charge in [-0.25, -0.2) is 0 Å². The molecule has 49 heavy (non-hydrogen) atoms. The Hall–Kier alpha value is -1.31. The molecule has 0 radical (unpaired) electrons. The number of fused-ring (bicyclic) bond motifs is 5. The zero-order valence-corrected chi connectivity index (χ0v) is 33.6. The van der Waals surface area contributed by atoms with Gasteiger partial charge in [-0.3, -0.25) is 4.79 Å². The first kappa shape index (κ1) is 40.5. The molecule has 0 amide bonds. The molecule has 280 valence electrons. The summed E-state index contributed by atoms with van der Waals surface area (Å²) >= 11 is 0. The van der Waals surface area contributed by atoms with E-state index in [-0.39, 0.29) is 12.1 Å². The molecular formula is C47H80O2. The van der Waals surface area contributed by atoms with Crippen molar-refractivity contribution in [2.45, 2.75) is 202 Å². The number of ether oxygens (including phenoxy) is 1. The second kappa shape index (κ2) is 20.1. The minimum absolute atomic E-state index is 0.0487. The van der Waals surface area contributed by atoms with Crippen LogP contribution in [0.4, 0.5) is 0 Å². The fraction of sp³-hybridized carbons (Fsp3) is 0.851. The summed E-state index contributed by atoms with van der Waals surface area (Å²) in [4.78, 5) is 12.8. The van der Waals surface area contributed by atoms with E-state index in [2.05, 4.69) is 78.8 Å². The summed E-state index contributed by atoms with van der Waals surface area (Å²) in [6, 6.07) is 0. The summed E-state index contributed by atoms with van der Waals surface area (Å²) in [6.07, 6.45) is 41.5. The number of unbranched alkanes of at least 4 members (excludes halogenated alkanes) is 12. The number of hydrogen-bond donors (Lipinski definition) is 0. The Kier molecular flexibility index (Phi) is 16.6. The van der Waals surface area contributed by atoms with Gasteiger partial charge in [0.25, 0.3) is 0 Å². The van der Waals surface area contributed by atoms with Gasteiger partial charge in [-0.2, -0.15) is 0 Å². The Bertz CT molecular complexity index is 1070. The Labute approximate surface area is 305 Å². The van der Waals surface area contributed by atoms with Gasteiger partial charge in [0, 0.05) is 12.8 Å². The van der Waals surface area contributed by atoms with E-state index in [1.807, 2.05) is 0 Å². The molecule has 4 aliphatic carbocycles. The van der Waals surface area contributed by atoms with E-state index >= 15 is 0 Å². The molecule has 3 saturated carbocycles. The highest BCUT2D eigenvalue weighted by atomic mass is 16.5. The molecule has 3 fully saturated rings. The zero-order valence-electron chi connectivity index (χ0n) is 33.6. The maximum absolute atomic E-state index is 12.8. The van der Waals surface area contributed by atoms with Crippen molar-refractivity contribution in [3.8, 4) is 0 Å². The van der Waals surface area contributed by atoms with Crippen LogP contribution in [-0.4, -0.2) is 12.1 Å². The Morgan fingerprint density at radius 3 is 2.12 bits per heavy atom. The number of esters is 1. The van der Waals surface area contributed by atoms with Crippen molar-refractivity contribution in [2.75, 3.05) is 0 Å². The molecule has 4 rings (SSSR count). The zero-order chi connectivity index (χ0) is 35.3. The van der Waals surface area contributed by atoms with E-state index in [4.69, 9.17) is 4.74 Å². The van der Waals surface area contributed by atoms with E-state index in [1.54, 1.807) is 5.57 Å². The monoisotopic (exact) mass is 677 g/mol. The predicted molar refractivity (Wildman–Crippen MR) is 211 cm³/mol. The number of hydrogen-bond acceptors (Lipinski definition) is 2. The third-order valence-corrected chi connectivity index (χ3v) is 14.7. The topological polar surface area (TPSA) is 26.3 Å². The van der Waals surface area contributed by atoms with Crippen molar-refractivity contribution in [1.29, 1.82) is 0 Å². The molecule has 0 heterocycles. The van der Waals surface area contributed by atoms with Crippen molar-refractivity contribution in [1.82, 2.24) is 0 Å². The second-order valence-corrected chi connectivity index (χ2v) is 18.4. The van der Waals surface area contributed by atoms with Crippen molar-refractivity contribution in [3.63, 3.8) is 0 Å². The third kappa shape index (κ3) is 11.1. The fourth-order valence-corrected chi connectivity index (χ4v) is 11.1. The Morgan fingerprint density at radius 2 is 1.45 bits per heavy atom. The first-order valence-corrected chi connectivity index (χ1v) is 21.8. The molecule has 0 bridgehead atoms. The lowest BCUT2D eigenvalue weighted by Gasteiger charge is -2.58. The number of carbonyl (C=O) groups excluding carboxylic acids is 1. The number of carbonyl (C=O) groups is 1. The smallest absolute Gasteiger partial charge is 0.306 e. The standard InChI is InChI=1S/C47H80O2/c1-8-9-10-11-12-13-14-15-16-17-18-19-20-21-22-23-24-45(48)49-40-31-33-46(6)39(35-40)27-28-41-43-30-29-42(47(43,7)34-32-44(41)46)38(5)26-25-37(4)36(2)3/h16-17,25-27,36-38,40-44H,8-15,18-24,28-35H2,1-7H3/b17-16+,26-25+. The van der Waals surface area contributed by atoms with Gasteiger partial charge in [-0.15, -0.1) is 0 Å². The van der Waals surface area contributed by atoms with Crippen molar-refractivity contribution in [3.05, 3.63) is 36.0 Å². The average molecular weight is 677 g/mol. The maximum atomic E-state index is 12.8. The van der Waals surface area contributed by atoms with Gasteiger partial charge < -0.3 is 4.74 Å². The lowest BCUT2D eigenvalue weighted by atomic mass is 9.47.